The molecule has 0 aliphatic heterocycles. The molecular formula is C14H14N2O5. The van der Waals surface area contributed by atoms with Crippen LogP contribution in [0.25, 0.3) is 0 Å². The van der Waals surface area contributed by atoms with Crippen molar-refractivity contribution >= 4 is 11.4 Å². The molecule has 21 heavy (non-hydrogen) atoms. The first-order valence-corrected chi connectivity index (χ1v) is 5.99. The summed E-state index contributed by atoms with van der Waals surface area (Å²) in [7, 11) is 2.84. The number of hydrogen-bond donors (Lipinski definition) is 1. The zero-order valence-corrected chi connectivity index (χ0v) is 11.5. The number of nitrogens with zero attached hydrogens (tertiary/aromatic N) is 1. The zero-order chi connectivity index (χ0) is 15.4. The van der Waals surface area contributed by atoms with Crippen LogP contribution in [0.4, 0.5) is 11.4 Å². The molecule has 7 nitrogen and oxygen atoms in total. The minimum absolute atomic E-state index is 0.0447. The van der Waals surface area contributed by atoms with Crippen LogP contribution in [0.15, 0.2) is 36.4 Å². The van der Waals surface area contributed by atoms with Crippen LogP contribution in [0.5, 0.6) is 23.0 Å². The van der Waals surface area contributed by atoms with Gasteiger partial charge in [0.25, 0.3) is 0 Å². The van der Waals surface area contributed by atoms with Crippen molar-refractivity contribution in [2.45, 2.75) is 0 Å². The average molecular weight is 290 g/mol. The molecular weight excluding hydrogens is 276 g/mol. The third-order valence-corrected chi connectivity index (χ3v) is 2.75. The smallest absolute Gasteiger partial charge is 0.315 e. The maximum atomic E-state index is 11.2. The number of hydrogen-bond acceptors (Lipinski definition) is 6. The normalized spacial score (nSPS) is 10.0. The number of nitro benzene ring substituents is 1. The van der Waals surface area contributed by atoms with Crippen LogP contribution in [0, 0.1) is 10.1 Å². The number of nitro groups is 1. The van der Waals surface area contributed by atoms with Crippen LogP contribution < -0.4 is 19.9 Å². The summed E-state index contributed by atoms with van der Waals surface area (Å²) < 4.78 is 15.7. The van der Waals surface area contributed by atoms with E-state index in [0.29, 0.717) is 17.2 Å². The van der Waals surface area contributed by atoms with Crippen molar-refractivity contribution in [3.63, 3.8) is 0 Å². The van der Waals surface area contributed by atoms with Gasteiger partial charge in [0.15, 0.2) is 11.5 Å². The lowest BCUT2D eigenvalue weighted by atomic mass is 10.2. The molecule has 7 heteroatoms. The van der Waals surface area contributed by atoms with Gasteiger partial charge in [0.1, 0.15) is 5.75 Å². The van der Waals surface area contributed by atoms with Gasteiger partial charge in [0.05, 0.1) is 25.2 Å². The first-order valence-electron chi connectivity index (χ1n) is 5.99. The van der Waals surface area contributed by atoms with Gasteiger partial charge >= 0.3 is 5.69 Å². The largest absolute Gasteiger partial charge is 0.493 e. The summed E-state index contributed by atoms with van der Waals surface area (Å²) in [5.41, 5.74) is 5.92. The topological polar surface area (TPSA) is 96.9 Å². The molecule has 110 valence electrons. The Labute approximate surface area is 121 Å². The van der Waals surface area contributed by atoms with Gasteiger partial charge in [-0.15, -0.1) is 0 Å². The van der Waals surface area contributed by atoms with E-state index in [1.165, 1.54) is 26.4 Å². The van der Waals surface area contributed by atoms with E-state index in [0.717, 1.165) is 0 Å². The molecule has 2 N–H and O–H groups in total. The van der Waals surface area contributed by atoms with Crippen molar-refractivity contribution in [1.82, 2.24) is 0 Å². The van der Waals surface area contributed by atoms with Crippen LogP contribution >= 0.6 is 0 Å². The van der Waals surface area contributed by atoms with Gasteiger partial charge in [-0.1, -0.05) is 6.07 Å². The van der Waals surface area contributed by atoms with E-state index in [2.05, 4.69) is 0 Å². The van der Waals surface area contributed by atoms with Crippen LogP contribution in [0.1, 0.15) is 0 Å². The molecule has 0 aliphatic carbocycles. The molecule has 0 aromatic heterocycles. The summed E-state index contributed by atoms with van der Waals surface area (Å²) in [5.74, 6) is 1.03. The molecule has 0 heterocycles. The van der Waals surface area contributed by atoms with Crippen LogP contribution in [0.3, 0.4) is 0 Å². The maximum absolute atomic E-state index is 11.2. The van der Waals surface area contributed by atoms with Crippen molar-refractivity contribution in [3.8, 4) is 23.0 Å². The van der Waals surface area contributed by atoms with E-state index in [1.807, 2.05) is 0 Å². The molecule has 2 aromatic carbocycles. The fourth-order valence-electron chi connectivity index (χ4n) is 1.78. The van der Waals surface area contributed by atoms with Gasteiger partial charge < -0.3 is 19.9 Å². The Morgan fingerprint density at radius 2 is 1.71 bits per heavy atom. The van der Waals surface area contributed by atoms with Crippen molar-refractivity contribution in [2.75, 3.05) is 20.0 Å². The Morgan fingerprint density at radius 3 is 2.29 bits per heavy atom. The second-order valence-electron chi connectivity index (χ2n) is 4.11. The first kappa shape index (κ1) is 14.4. The Morgan fingerprint density at radius 1 is 1.05 bits per heavy atom. The summed E-state index contributed by atoms with van der Waals surface area (Å²) in [6, 6.07) is 9.25. The Balaban J connectivity index is 2.48. The highest BCUT2D eigenvalue weighted by Crippen LogP contribution is 2.41. The molecule has 0 amide bonds. The van der Waals surface area contributed by atoms with Gasteiger partial charge in [0.2, 0.25) is 5.75 Å². The highest BCUT2D eigenvalue weighted by atomic mass is 16.6. The molecule has 0 bridgehead atoms. The Bertz CT molecular complexity index is 672. The maximum Gasteiger partial charge on any atom is 0.315 e. The summed E-state index contributed by atoms with van der Waals surface area (Å²) in [4.78, 5) is 10.6. The number of benzene rings is 2. The van der Waals surface area contributed by atoms with Crippen LogP contribution in [-0.4, -0.2) is 19.1 Å². The van der Waals surface area contributed by atoms with Crippen LogP contribution in [-0.2, 0) is 0 Å². The van der Waals surface area contributed by atoms with Gasteiger partial charge in [-0.25, -0.2) is 0 Å². The second kappa shape index (κ2) is 6.00. The van der Waals surface area contributed by atoms with Crippen LogP contribution in [0.2, 0.25) is 0 Å². The third kappa shape index (κ3) is 3.14. The quantitative estimate of drug-likeness (QED) is 0.516. The van der Waals surface area contributed by atoms with Gasteiger partial charge in [0, 0.05) is 17.8 Å². The number of anilines is 1. The van der Waals surface area contributed by atoms with Gasteiger partial charge in [-0.2, -0.15) is 0 Å². The lowest BCUT2D eigenvalue weighted by Crippen LogP contribution is -1.97. The van der Waals surface area contributed by atoms with E-state index in [1.54, 1.807) is 24.3 Å². The molecule has 0 aliphatic rings. The highest BCUT2D eigenvalue weighted by molar-refractivity contribution is 5.59. The van der Waals surface area contributed by atoms with E-state index < -0.39 is 4.92 Å². The monoisotopic (exact) mass is 290 g/mol. The van der Waals surface area contributed by atoms with E-state index >= 15 is 0 Å². The average Bonchev–Trinajstić information content (AvgIpc) is 2.46. The van der Waals surface area contributed by atoms with E-state index in [9.17, 15) is 10.1 Å². The molecule has 0 radical (unpaired) electrons. The molecule has 0 fully saturated rings. The first-order chi connectivity index (χ1) is 10.0. The molecule has 0 saturated carbocycles. The summed E-state index contributed by atoms with van der Waals surface area (Å²) in [6.45, 7) is 0. The number of nitrogen functional groups attached to an aromatic ring is 1. The molecule has 0 atom stereocenters. The van der Waals surface area contributed by atoms with Crippen molar-refractivity contribution in [1.29, 1.82) is 0 Å². The zero-order valence-electron chi connectivity index (χ0n) is 11.5. The number of rotatable bonds is 5. The predicted molar refractivity (Wildman–Crippen MR) is 77.1 cm³/mol. The van der Waals surface area contributed by atoms with E-state index in [4.69, 9.17) is 19.9 Å². The predicted octanol–water partition coefficient (Wildman–Crippen LogP) is 2.99. The summed E-state index contributed by atoms with van der Waals surface area (Å²) >= 11 is 0. The fraction of sp³-hybridized carbons (Fsp3) is 0.143. The number of ether oxygens (including phenoxy) is 3. The lowest BCUT2D eigenvalue weighted by Gasteiger charge is -2.11. The molecule has 0 saturated heterocycles. The van der Waals surface area contributed by atoms with Gasteiger partial charge in [-0.05, 0) is 12.1 Å². The summed E-state index contributed by atoms with van der Waals surface area (Å²) in [6.07, 6.45) is 0. The molecule has 2 aromatic rings. The number of nitrogens with two attached hydrogens (primary N) is 1. The lowest BCUT2D eigenvalue weighted by molar-refractivity contribution is -0.385. The molecule has 0 unspecified atom stereocenters. The van der Waals surface area contributed by atoms with Gasteiger partial charge in [-0.3, -0.25) is 10.1 Å². The minimum Gasteiger partial charge on any atom is -0.493 e. The van der Waals surface area contributed by atoms with E-state index in [-0.39, 0.29) is 17.2 Å². The van der Waals surface area contributed by atoms with Crippen molar-refractivity contribution < 1.29 is 19.1 Å². The SMILES string of the molecule is COc1cc(Oc2cccc(N)c2)c([N+](=O)[O-])cc1OC. The molecule has 0 spiro atoms. The second-order valence-corrected chi connectivity index (χ2v) is 4.11. The van der Waals surface area contributed by atoms with Crippen molar-refractivity contribution in [2.24, 2.45) is 0 Å². The van der Waals surface area contributed by atoms with Crippen molar-refractivity contribution in [3.05, 3.63) is 46.5 Å². The molecule has 2 rings (SSSR count). The fourth-order valence-corrected chi connectivity index (χ4v) is 1.78. The third-order valence-electron chi connectivity index (χ3n) is 2.75. The summed E-state index contributed by atoms with van der Waals surface area (Å²) in [5, 5.41) is 11.2. The number of methoxy groups -OCH3 is 2. The standard InChI is InChI=1S/C14H14N2O5/c1-19-13-7-11(16(17)18)12(8-14(13)20-2)21-10-5-3-4-9(15)6-10/h3-8H,15H2,1-2H3. The minimum atomic E-state index is -0.552. The highest BCUT2D eigenvalue weighted by Gasteiger charge is 2.21. The Kier molecular flexibility index (Phi) is 4.13. The Hall–Kier alpha value is -2.96.